The quantitative estimate of drug-likeness (QED) is 0.455. The SMILES string of the molecule is CCc1ccc(C)cc1OC(=O)CCCCCNC(C)=O. The molecule has 0 bridgehead atoms. The van der Waals surface area contributed by atoms with Crippen LogP contribution in [0.1, 0.15) is 50.7 Å². The van der Waals surface area contributed by atoms with Crippen LogP contribution >= 0.6 is 0 Å². The maximum Gasteiger partial charge on any atom is 0.311 e. The van der Waals surface area contributed by atoms with Crippen molar-refractivity contribution in [1.29, 1.82) is 0 Å². The summed E-state index contributed by atoms with van der Waals surface area (Å²) in [6.45, 7) is 6.20. The number of ether oxygens (including phenoxy) is 1. The number of hydrogen-bond acceptors (Lipinski definition) is 3. The van der Waals surface area contributed by atoms with E-state index < -0.39 is 0 Å². The number of rotatable bonds is 8. The molecule has 0 aliphatic heterocycles. The second-order valence-corrected chi connectivity index (χ2v) is 5.23. The maximum absolute atomic E-state index is 11.8. The summed E-state index contributed by atoms with van der Waals surface area (Å²) in [6.07, 6.45) is 3.84. The topological polar surface area (TPSA) is 55.4 Å². The van der Waals surface area contributed by atoms with E-state index in [1.807, 2.05) is 32.0 Å². The third kappa shape index (κ3) is 6.93. The fourth-order valence-corrected chi connectivity index (χ4v) is 2.06. The minimum absolute atomic E-state index is 0.0130. The van der Waals surface area contributed by atoms with Gasteiger partial charge in [-0.05, 0) is 43.4 Å². The van der Waals surface area contributed by atoms with Crippen molar-refractivity contribution in [2.45, 2.75) is 52.9 Å². The molecule has 4 nitrogen and oxygen atoms in total. The van der Waals surface area contributed by atoms with E-state index in [9.17, 15) is 9.59 Å². The van der Waals surface area contributed by atoms with Gasteiger partial charge in [-0.25, -0.2) is 0 Å². The van der Waals surface area contributed by atoms with Crippen LogP contribution in [0.4, 0.5) is 0 Å². The normalized spacial score (nSPS) is 10.2. The van der Waals surface area contributed by atoms with Crippen LogP contribution in [-0.2, 0) is 16.0 Å². The van der Waals surface area contributed by atoms with E-state index in [0.717, 1.165) is 36.8 Å². The van der Waals surface area contributed by atoms with Crippen LogP contribution in [0.3, 0.4) is 0 Å². The lowest BCUT2D eigenvalue weighted by molar-refractivity contribution is -0.134. The van der Waals surface area contributed by atoms with E-state index in [0.29, 0.717) is 18.7 Å². The first-order valence-corrected chi connectivity index (χ1v) is 7.57. The Bertz CT molecular complexity index is 483. The highest BCUT2D eigenvalue weighted by Gasteiger charge is 2.08. The summed E-state index contributed by atoms with van der Waals surface area (Å²) in [5.74, 6) is 0.483. The monoisotopic (exact) mass is 291 g/mol. The van der Waals surface area contributed by atoms with Gasteiger partial charge in [0, 0.05) is 19.9 Å². The molecule has 4 heteroatoms. The van der Waals surface area contributed by atoms with Crippen LogP contribution in [-0.4, -0.2) is 18.4 Å². The molecule has 0 radical (unpaired) electrons. The van der Waals surface area contributed by atoms with Crippen LogP contribution in [0.25, 0.3) is 0 Å². The number of unbranched alkanes of at least 4 members (excludes halogenated alkanes) is 2. The van der Waals surface area contributed by atoms with Gasteiger partial charge < -0.3 is 10.1 Å². The van der Waals surface area contributed by atoms with Crippen molar-refractivity contribution in [2.24, 2.45) is 0 Å². The number of aryl methyl sites for hydroxylation is 2. The summed E-state index contributed by atoms with van der Waals surface area (Å²) >= 11 is 0. The molecule has 0 aromatic heterocycles. The first-order chi connectivity index (χ1) is 10.0. The van der Waals surface area contributed by atoms with E-state index in [1.54, 1.807) is 0 Å². The molecule has 1 aromatic rings. The smallest absolute Gasteiger partial charge is 0.311 e. The van der Waals surface area contributed by atoms with Crippen LogP contribution in [0.5, 0.6) is 5.75 Å². The van der Waals surface area contributed by atoms with Gasteiger partial charge in [-0.15, -0.1) is 0 Å². The van der Waals surface area contributed by atoms with Crippen molar-refractivity contribution in [3.63, 3.8) is 0 Å². The Hall–Kier alpha value is -1.84. The summed E-state index contributed by atoms with van der Waals surface area (Å²) in [5, 5.41) is 2.74. The predicted octanol–water partition coefficient (Wildman–Crippen LogP) is 3.16. The summed E-state index contributed by atoms with van der Waals surface area (Å²) in [6, 6.07) is 5.94. The molecule has 0 atom stereocenters. The number of carbonyl (C=O) groups excluding carboxylic acids is 2. The summed E-state index contributed by atoms with van der Waals surface area (Å²) in [5.41, 5.74) is 2.14. The van der Waals surface area contributed by atoms with Crippen LogP contribution in [0.15, 0.2) is 18.2 Å². The van der Waals surface area contributed by atoms with Crippen LogP contribution < -0.4 is 10.1 Å². The van der Waals surface area contributed by atoms with Gasteiger partial charge in [-0.3, -0.25) is 9.59 Å². The first kappa shape index (κ1) is 17.2. The molecule has 21 heavy (non-hydrogen) atoms. The number of carbonyl (C=O) groups is 2. The zero-order chi connectivity index (χ0) is 15.7. The summed E-state index contributed by atoms with van der Waals surface area (Å²) < 4.78 is 5.45. The molecule has 1 rings (SSSR count). The Morgan fingerprint density at radius 1 is 1.19 bits per heavy atom. The molecule has 0 heterocycles. The average Bonchev–Trinajstić information content (AvgIpc) is 2.42. The Labute approximate surface area is 126 Å². The van der Waals surface area contributed by atoms with Crippen LogP contribution in [0, 0.1) is 6.92 Å². The Morgan fingerprint density at radius 3 is 2.62 bits per heavy atom. The van der Waals surface area contributed by atoms with E-state index in [4.69, 9.17) is 4.74 Å². The van der Waals surface area contributed by atoms with Gasteiger partial charge in [0.25, 0.3) is 0 Å². The number of hydrogen-bond donors (Lipinski definition) is 1. The summed E-state index contributed by atoms with van der Waals surface area (Å²) in [7, 11) is 0. The minimum Gasteiger partial charge on any atom is -0.426 e. The molecule has 0 fully saturated rings. The zero-order valence-electron chi connectivity index (χ0n) is 13.2. The number of benzene rings is 1. The maximum atomic E-state index is 11.8. The summed E-state index contributed by atoms with van der Waals surface area (Å²) in [4.78, 5) is 22.5. The van der Waals surface area contributed by atoms with Crippen molar-refractivity contribution >= 4 is 11.9 Å². The highest BCUT2D eigenvalue weighted by Crippen LogP contribution is 2.21. The lowest BCUT2D eigenvalue weighted by atomic mass is 10.1. The lowest BCUT2D eigenvalue weighted by Gasteiger charge is -2.10. The second-order valence-electron chi connectivity index (χ2n) is 5.23. The standard InChI is InChI=1S/C17H25NO3/c1-4-15-10-9-13(2)12-16(15)21-17(20)8-6-5-7-11-18-14(3)19/h9-10,12H,4-8,11H2,1-3H3,(H,18,19). The average molecular weight is 291 g/mol. The molecule has 0 aliphatic carbocycles. The van der Waals surface area contributed by atoms with Gasteiger partial charge >= 0.3 is 5.97 Å². The number of esters is 1. The van der Waals surface area contributed by atoms with Crippen molar-refractivity contribution in [2.75, 3.05) is 6.54 Å². The fourth-order valence-electron chi connectivity index (χ4n) is 2.06. The minimum atomic E-state index is -0.185. The molecule has 0 unspecified atom stereocenters. The third-order valence-corrected chi connectivity index (χ3v) is 3.26. The van der Waals surface area contributed by atoms with E-state index in [2.05, 4.69) is 5.32 Å². The van der Waals surface area contributed by atoms with E-state index in [-0.39, 0.29) is 11.9 Å². The van der Waals surface area contributed by atoms with Gasteiger partial charge in [0.2, 0.25) is 5.91 Å². The second kappa shape index (κ2) is 9.16. The molecule has 116 valence electrons. The van der Waals surface area contributed by atoms with Crippen molar-refractivity contribution in [1.82, 2.24) is 5.32 Å². The highest BCUT2D eigenvalue weighted by molar-refractivity contribution is 5.73. The van der Waals surface area contributed by atoms with Crippen molar-refractivity contribution < 1.29 is 14.3 Å². The van der Waals surface area contributed by atoms with Crippen molar-refractivity contribution in [3.05, 3.63) is 29.3 Å². The van der Waals surface area contributed by atoms with E-state index in [1.165, 1.54) is 6.92 Å². The molecular formula is C17H25NO3. The molecule has 0 aliphatic rings. The van der Waals surface area contributed by atoms with E-state index >= 15 is 0 Å². The molecule has 1 N–H and O–H groups in total. The Balaban J connectivity index is 2.31. The number of nitrogens with one attached hydrogen (secondary N) is 1. The highest BCUT2D eigenvalue weighted by atomic mass is 16.5. The zero-order valence-corrected chi connectivity index (χ0v) is 13.2. The molecule has 0 saturated heterocycles. The Morgan fingerprint density at radius 2 is 1.95 bits per heavy atom. The van der Waals surface area contributed by atoms with Gasteiger partial charge in [0.15, 0.2) is 0 Å². The molecule has 1 aromatic carbocycles. The Kier molecular flexibility index (Phi) is 7.51. The molecular weight excluding hydrogens is 266 g/mol. The van der Waals surface area contributed by atoms with Crippen LogP contribution in [0.2, 0.25) is 0 Å². The van der Waals surface area contributed by atoms with Gasteiger partial charge in [0.1, 0.15) is 5.75 Å². The lowest BCUT2D eigenvalue weighted by Crippen LogP contribution is -2.20. The largest absolute Gasteiger partial charge is 0.426 e. The fraction of sp³-hybridized carbons (Fsp3) is 0.529. The molecule has 1 amide bonds. The molecule has 0 saturated carbocycles. The van der Waals surface area contributed by atoms with Gasteiger partial charge in [-0.1, -0.05) is 25.5 Å². The van der Waals surface area contributed by atoms with Crippen molar-refractivity contribution in [3.8, 4) is 5.75 Å². The van der Waals surface area contributed by atoms with Gasteiger partial charge in [-0.2, -0.15) is 0 Å². The predicted molar refractivity (Wildman–Crippen MR) is 83.3 cm³/mol. The van der Waals surface area contributed by atoms with Gasteiger partial charge in [0.05, 0.1) is 0 Å². The number of amides is 1. The third-order valence-electron chi connectivity index (χ3n) is 3.26. The first-order valence-electron chi connectivity index (χ1n) is 7.57. The molecule has 0 spiro atoms.